The third kappa shape index (κ3) is 24.1. The third-order valence-corrected chi connectivity index (χ3v) is 17.0. The molecule has 2 unspecified atom stereocenters. The van der Waals surface area contributed by atoms with Gasteiger partial charge < -0.3 is 88.7 Å². The fraction of sp³-hybridized carbons (Fsp3) is 0.826. The molecule has 32 heteroatoms. The minimum atomic E-state index is -5.93. The van der Waals surface area contributed by atoms with Gasteiger partial charge in [-0.1, -0.05) is 109 Å². The van der Waals surface area contributed by atoms with Crippen LogP contribution in [0.5, 0.6) is 0 Å². The van der Waals surface area contributed by atoms with Gasteiger partial charge in [0, 0.05) is 43.5 Å². The molecule has 2 saturated heterocycles. The van der Waals surface area contributed by atoms with Crippen molar-refractivity contribution in [3.8, 4) is 0 Å². The van der Waals surface area contributed by atoms with E-state index in [2.05, 4.69) is 43.5 Å². The number of carbonyl (C=O) groups is 3. The number of thioether (sulfide) groups is 1. The summed E-state index contributed by atoms with van der Waals surface area (Å²) < 4.78 is 72.4. The summed E-state index contributed by atoms with van der Waals surface area (Å²) in [5.41, 5.74) is 4.08. The number of aliphatic hydroxyl groups excluding tert-OH is 4. The topological polar surface area (TPSA) is 434 Å². The van der Waals surface area contributed by atoms with E-state index in [1.54, 1.807) is 6.92 Å². The molecule has 0 radical (unpaired) electrons. The van der Waals surface area contributed by atoms with Gasteiger partial charge in [-0.25, -0.2) is 19.3 Å². The molecule has 0 spiro atoms. The number of amides is 2. The number of rotatable bonds is 38. The van der Waals surface area contributed by atoms with Crippen molar-refractivity contribution >= 4 is 69.1 Å². The summed E-state index contributed by atoms with van der Waals surface area (Å²) in [4.78, 5) is 97.2. The minimum absolute atomic E-state index is 0.0107. The number of fused-ring (bicyclic) bond motifs is 1. The van der Waals surface area contributed by atoms with Gasteiger partial charge in [0.15, 0.2) is 29.1 Å². The average molecular weight is 1190 g/mol. The molecule has 28 nitrogen and oxygen atoms in total. The van der Waals surface area contributed by atoms with Crippen LogP contribution in [0.1, 0.15) is 149 Å². The molecule has 0 bridgehead atoms. The lowest BCUT2D eigenvalue weighted by molar-refractivity contribution is -0.347. The van der Waals surface area contributed by atoms with Crippen molar-refractivity contribution in [2.45, 2.75) is 205 Å². The summed E-state index contributed by atoms with van der Waals surface area (Å²) in [6, 6.07) is 0. The molecule has 2 aliphatic rings. The van der Waals surface area contributed by atoms with Crippen LogP contribution in [0.3, 0.4) is 0 Å². The molecule has 448 valence electrons. The average Bonchev–Trinajstić information content (AvgIpc) is 3.99. The highest BCUT2D eigenvalue weighted by Crippen LogP contribution is 2.56. The Hall–Kier alpha value is -2.60. The normalized spacial score (nSPS) is 24.4. The van der Waals surface area contributed by atoms with E-state index in [0.717, 1.165) is 73.9 Å². The van der Waals surface area contributed by atoms with Crippen molar-refractivity contribution in [1.29, 1.82) is 0 Å². The van der Waals surface area contributed by atoms with Crippen LogP contribution in [0.25, 0.3) is 11.2 Å². The Bertz CT molecular complexity index is 2320. The van der Waals surface area contributed by atoms with Crippen LogP contribution in [0, 0.1) is 5.41 Å². The number of imidazole rings is 1. The number of aromatic nitrogens is 4. The van der Waals surface area contributed by atoms with Crippen LogP contribution in [0.2, 0.25) is 0 Å². The lowest BCUT2D eigenvalue weighted by Crippen LogP contribution is -2.48. The van der Waals surface area contributed by atoms with Crippen LogP contribution in [-0.2, 0) is 60.2 Å². The van der Waals surface area contributed by atoms with Gasteiger partial charge in [-0.2, -0.15) is 0 Å². The second-order valence-corrected chi connectivity index (χ2v) is 25.4. The van der Waals surface area contributed by atoms with Crippen molar-refractivity contribution in [1.82, 2.24) is 30.2 Å². The van der Waals surface area contributed by atoms with Crippen molar-refractivity contribution < 1.29 is 100 Å². The number of nitrogens with one attached hydrogen (secondary N) is 2. The zero-order valence-corrected chi connectivity index (χ0v) is 48.0. The Labute approximate surface area is 458 Å². The van der Waals surface area contributed by atoms with E-state index in [4.69, 9.17) is 19.9 Å². The van der Waals surface area contributed by atoms with Gasteiger partial charge in [-0.05, 0) is 26.7 Å². The van der Waals surface area contributed by atoms with Crippen molar-refractivity contribution in [3.63, 3.8) is 0 Å². The first-order chi connectivity index (χ1) is 36.7. The Kier molecular flexibility index (Phi) is 28.6. The summed E-state index contributed by atoms with van der Waals surface area (Å²) in [5.74, 6) is -1.18. The SMILES string of the molecule is C[C@H](CCCCCCCCCCCCCCCCC(=O)SCCNC(=O)CCNC(=O)[C@H](O)C(C)(C)COP(=O)([O-])OP(=O)([O-])OC[C@H]1O[C@@H](n2cnc3c(N)ncnc32)[C@H](O)[C@@H]1OP(=O)([O-])[O-])O[C@@H]1O[C@@H](C)[C@H](O)C[C@H]1O. The quantitative estimate of drug-likeness (QED) is 0.0371. The van der Waals surface area contributed by atoms with E-state index >= 15 is 0 Å². The summed E-state index contributed by atoms with van der Waals surface area (Å²) in [6.45, 7) is 3.90. The van der Waals surface area contributed by atoms with Crippen LogP contribution in [0.4, 0.5) is 5.82 Å². The third-order valence-electron chi connectivity index (χ3n) is 13.0. The zero-order valence-electron chi connectivity index (χ0n) is 44.5. The van der Waals surface area contributed by atoms with Gasteiger partial charge in [-0.15, -0.1) is 0 Å². The second-order valence-electron chi connectivity index (χ2n) is 20.2. The van der Waals surface area contributed by atoms with E-state index < -0.39 is 103 Å². The molecule has 2 amide bonds. The van der Waals surface area contributed by atoms with Gasteiger partial charge in [0.25, 0.3) is 15.6 Å². The molecule has 4 rings (SSSR count). The molecule has 78 heavy (non-hydrogen) atoms. The van der Waals surface area contributed by atoms with Crippen LogP contribution >= 0.6 is 35.2 Å². The Balaban J connectivity index is 0.981. The van der Waals surface area contributed by atoms with Gasteiger partial charge >= 0.3 is 0 Å². The minimum Gasteiger partial charge on any atom is -0.790 e. The van der Waals surface area contributed by atoms with Crippen molar-refractivity contribution in [3.05, 3.63) is 12.7 Å². The largest absolute Gasteiger partial charge is 0.790 e. The van der Waals surface area contributed by atoms with E-state index in [1.807, 2.05) is 6.92 Å². The van der Waals surface area contributed by atoms with Crippen LogP contribution in [-0.4, -0.2) is 144 Å². The molecule has 0 aliphatic carbocycles. The molecule has 8 N–H and O–H groups in total. The number of hydrogen-bond acceptors (Lipinski definition) is 26. The highest BCUT2D eigenvalue weighted by atomic mass is 32.2. The number of phosphoric acid groups is 3. The Morgan fingerprint density at radius 2 is 1.45 bits per heavy atom. The summed E-state index contributed by atoms with van der Waals surface area (Å²) >= 11 is 1.13. The maximum Gasteiger partial charge on any atom is 0.274 e. The van der Waals surface area contributed by atoms with E-state index in [0.29, 0.717) is 12.2 Å². The number of nitrogens with zero attached hydrogens (tertiary/aromatic N) is 4. The number of nitrogen functional groups attached to an aromatic ring is 1. The number of ether oxygens (including phenoxy) is 3. The van der Waals surface area contributed by atoms with Gasteiger partial charge in [0.2, 0.25) is 11.8 Å². The molecule has 2 aliphatic heterocycles. The number of nitrogens with two attached hydrogens (primary N) is 1. The zero-order chi connectivity index (χ0) is 57.7. The van der Waals surface area contributed by atoms with Crippen molar-refractivity contribution in [2.75, 3.05) is 37.8 Å². The van der Waals surface area contributed by atoms with Crippen LogP contribution < -0.4 is 35.9 Å². The first-order valence-corrected chi connectivity index (χ1v) is 31.7. The molecular weight excluding hydrogens is 1110 g/mol. The smallest absolute Gasteiger partial charge is 0.274 e. The molecule has 2 fully saturated rings. The fourth-order valence-corrected chi connectivity index (χ4v) is 12.0. The summed E-state index contributed by atoms with van der Waals surface area (Å²) in [6.07, 6.45) is 7.49. The molecule has 0 saturated carbocycles. The molecule has 2 aromatic heterocycles. The van der Waals surface area contributed by atoms with Gasteiger partial charge in [-0.3, -0.25) is 28.1 Å². The molecular formula is C46H78N7O21P3S-4. The number of phosphoric ester groups is 3. The number of aliphatic hydroxyl groups is 4. The van der Waals surface area contributed by atoms with Crippen LogP contribution in [0.15, 0.2) is 12.7 Å². The van der Waals surface area contributed by atoms with Crippen molar-refractivity contribution in [2.24, 2.45) is 5.41 Å². The Morgan fingerprint density at radius 3 is 2.08 bits per heavy atom. The second kappa shape index (κ2) is 32.9. The van der Waals surface area contributed by atoms with E-state index in [1.165, 1.54) is 65.2 Å². The molecule has 0 aromatic carbocycles. The first kappa shape index (κ1) is 67.9. The predicted molar refractivity (Wildman–Crippen MR) is 274 cm³/mol. The predicted octanol–water partition coefficient (Wildman–Crippen LogP) is 1.64. The first-order valence-electron chi connectivity index (χ1n) is 26.3. The van der Waals surface area contributed by atoms with Gasteiger partial charge in [0.05, 0.1) is 45.7 Å². The number of anilines is 1. The lowest BCUT2D eigenvalue weighted by Gasteiger charge is -2.36. The highest BCUT2D eigenvalue weighted by Gasteiger charge is 2.47. The maximum atomic E-state index is 12.7. The van der Waals surface area contributed by atoms with E-state index in [9.17, 15) is 68.1 Å². The number of hydrogen-bond donors (Lipinski definition) is 7. The van der Waals surface area contributed by atoms with Gasteiger partial charge in [0.1, 0.15) is 42.4 Å². The summed E-state index contributed by atoms with van der Waals surface area (Å²) in [5, 5.41) is 46.4. The Morgan fingerprint density at radius 1 is 0.846 bits per heavy atom. The highest BCUT2D eigenvalue weighted by molar-refractivity contribution is 8.13. The summed E-state index contributed by atoms with van der Waals surface area (Å²) in [7, 11) is -17.6. The van der Waals surface area contributed by atoms with E-state index in [-0.39, 0.29) is 60.2 Å². The fourth-order valence-electron chi connectivity index (χ4n) is 8.53. The maximum absolute atomic E-state index is 12.7. The molecule has 4 heterocycles. The number of unbranched alkanes of at least 4 members (excludes halogenated alkanes) is 13. The molecule has 2 aromatic rings. The number of carbonyl (C=O) groups excluding carboxylic acids is 3. The standard InChI is InChI=1S/C46H82N7O21P3S/c1-30(70-45-33(55)25-32(54)31(2)71-45)19-17-15-13-11-9-7-5-6-8-10-12-14-16-18-20-36(57)78-24-23-48-35(56)21-22-49-43(60)40(59)46(3,4)27-69-77(66,67)74-76(64,65)68-26-34-39(73-75(61,62)63)38(58)44(72-34)53-29-52-37-41(47)50-28-51-42(37)53/h28-34,38-40,44-45,54-55,58-59H,5-27H2,1-4H3,(H,48,56)(H,49,60)(H,64,65)(H,66,67)(H2,47,50,51)(H2,61,62,63)/p-4/t30-,31+,32-,33-,34-,38-,39-,40+,44-,45-/m1/s1. The molecule has 12 atom stereocenters. The lowest BCUT2D eigenvalue weighted by atomic mass is 9.87. The monoisotopic (exact) mass is 1190 g/mol.